The first kappa shape index (κ1) is 9.08. The minimum Gasteiger partial charge on any atom is -0.372 e. The van der Waals surface area contributed by atoms with Gasteiger partial charge in [-0.05, 0) is 25.5 Å². The van der Waals surface area contributed by atoms with Crippen molar-refractivity contribution in [3.8, 4) is 6.07 Å². The molecule has 2 heteroatoms. The molecule has 1 aromatic rings. The van der Waals surface area contributed by atoms with E-state index in [-0.39, 0.29) is 5.41 Å². The molecule has 0 saturated carbocycles. The summed E-state index contributed by atoms with van der Waals surface area (Å²) in [5.41, 5.74) is 3.25. The van der Waals surface area contributed by atoms with E-state index in [1.54, 1.807) is 0 Å². The third-order valence-corrected chi connectivity index (χ3v) is 2.96. The molecule has 1 atom stereocenters. The summed E-state index contributed by atoms with van der Waals surface area (Å²) in [6.45, 7) is 4.87. The van der Waals surface area contributed by atoms with E-state index in [9.17, 15) is 5.26 Å². The maximum absolute atomic E-state index is 9.20. The molecule has 1 unspecified atom stereocenters. The van der Waals surface area contributed by atoms with Crippen LogP contribution in [0, 0.1) is 18.3 Å². The molecule has 14 heavy (non-hydrogen) atoms. The molecule has 0 aliphatic carbocycles. The van der Waals surface area contributed by atoms with Crippen LogP contribution < -0.4 is 4.90 Å². The topological polar surface area (TPSA) is 27.0 Å². The summed E-state index contributed by atoms with van der Waals surface area (Å²) in [6, 6.07) is 8.74. The Morgan fingerprint density at radius 2 is 2.21 bits per heavy atom. The van der Waals surface area contributed by atoms with E-state index >= 15 is 0 Å². The van der Waals surface area contributed by atoms with Crippen molar-refractivity contribution in [3.05, 3.63) is 29.3 Å². The van der Waals surface area contributed by atoms with Crippen LogP contribution in [0.4, 0.5) is 5.69 Å². The average molecular weight is 186 g/mol. The summed E-state index contributed by atoms with van der Waals surface area (Å²) in [4.78, 5) is 2.15. The molecule has 0 amide bonds. The smallest absolute Gasteiger partial charge is 0.0988 e. The molecular formula is C12H14N2. The number of benzene rings is 1. The largest absolute Gasteiger partial charge is 0.372 e. The Bertz CT molecular complexity index is 417. The van der Waals surface area contributed by atoms with Gasteiger partial charge in [0.25, 0.3) is 0 Å². The standard InChI is InChI=1S/C12H14N2/c1-9-4-5-11-10(6-9)12(2,7-13)8-14(11)3/h4-6H,8H2,1-3H3. The van der Waals surface area contributed by atoms with E-state index in [1.165, 1.54) is 16.8 Å². The van der Waals surface area contributed by atoms with Crippen molar-refractivity contribution in [2.45, 2.75) is 19.3 Å². The highest BCUT2D eigenvalue weighted by Crippen LogP contribution is 2.39. The first-order chi connectivity index (χ1) is 6.57. The van der Waals surface area contributed by atoms with Crippen LogP contribution in [0.25, 0.3) is 0 Å². The number of anilines is 1. The second kappa shape index (κ2) is 2.75. The van der Waals surface area contributed by atoms with Crippen molar-refractivity contribution in [1.29, 1.82) is 5.26 Å². The zero-order chi connectivity index (χ0) is 10.3. The van der Waals surface area contributed by atoms with Gasteiger partial charge in [0.1, 0.15) is 0 Å². The summed E-state index contributed by atoms with van der Waals surface area (Å²) in [5.74, 6) is 0. The molecule has 1 heterocycles. The van der Waals surface area contributed by atoms with E-state index < -0.39 is 0 Å². The molecule has 1 aromatic carbocycles. The molecule has 1 aliphatic heterocycles. The molecule has 0 radical (unpaired) electrons. The van der Waals surface area contributed by atoms with Gasteiger partial charge in [-0.3, -0.25) is 0 Å². The summed E-state index contributed by atoms with van der Waals surface area (Å²) in [6.07, 6.45) is 0. The van der Waals surface area contributed by atoms with Crippen LogP contribution >= 0.6 is 0 Å². The maximum Gasteiger partial charge on any atom is 0.0988 e. The number of nitriles is 1. The number of fused-ring (bicyclic) bond motifs is 1. The first-order valence-corrected chi connectivity index (χ1v) is 4.80. The van der Waals surface area contributed by atoms with Crippen molar-refractivity contribution in [2.75, 3.05) is 18.5 Å². The van der Waals surface area contributed by atoms with Crippen molar-refractivity contribution in [1.82, 2.24) is 0 Å². The van der Waals surface area contributed by atoms with E-state index in [2.05, 4.69) is 36.1 Å². The lowest BCUT2D eigenvalue weighted by molar-refractivity contribution is 0.648. The van der Waals surface area contributed by atoms with Gasteiger partial charge in [-0.25, -0.2) is 0 Å². The van der Waals surface area contributed by atoms with E-state index in [0.717, 1.165) is 6.54 Å². The fourth-order valence-electron chi connectivity index (χ4n) is 2.16. The van der Waals surface area contributed by atoms with Crippen LogP contribution in [0.1, 0.15) is 18.1 Å². The van der Waals surface area contributed by atoms with Gasteiger partial charge in [0.05, 0.1) is 11.5 Å². The Kier molecular flexibility index (Phi) is 1.78. The maximum atomic E-state index is 9.20. The second-order valence-corrected chi connectivity index (χ2v) is 4.32. The lowest BCUT2D eigenvalue weighted by Gasteiger charge is -2.15. The number of hydrogen-bond acceptors (Lipinski definition) is 2. The van der Waals surface area contributed by atoms with Crippen LogP contribution in [-0.2, 0) is 5.41 Å². The molecule has 72 valence electrons. The molecule has 0 saturated heterocycles. The van der Waals surface area contributed by atoms with Crippen LogP contribution in [0.2, 0.25) is 0 Å². The molecule has 2 nitrogen and oxygen atoms in total. The summed E-state index contributed by atoms with van der Waals surface area (Å²) >= 11 is 0. The van der Waals surface area contributed by atoms with Crippen molar-refractivity contribution in [3.63, 3.8) is 0 Å². The number of likely N-dealkylation sites (N-methyl/N-ethyl adjacent to an activating group) is 1. The minimum absolute atomic E-state index is 0.337. The SMILES string of the molecule is Cc1ccc2c(c1)C(C)(C#N)CN2C. The Balaban J connectivity index is 2.64. The predicted molar refractivity (Wildman–Crippen MR) is 57.4 cm³/mol. The Morgan fingerprint density at radius 3 is 2.86 bits per heavy atom. The third-order valence-electron chi connectivity index (χ3n) is 2.96. The zero-order valence-corrected chi connectivity index (χ0v) is 8.83. The van der Waals surface area contributed by atoms with E-state index in [0.29, 0.717) is 0 Å². The Labute approximate surface area is 84.8 Å². The third kappa shape index (κ3) is 1.09. The number of hydrogen-bond donors (Lipinski definition) is 0. The van der Waals surface area contributed by atoms with Crippen LogP contribution in [0.5, 0.6) is 0 Å². The van der Waals surface area contributed by atoms with Crippen molar-refractivity contribution < 1.29 is 0 Å². The van der Waals surface area contributed by atoms with Crippen LogP contribution in [0.3, 0.4) is 0 Å². The van der Waals surface area contributed by atoms with Gasteiger partial charge >= 0.3 is 0 Å². The molecule has 2 rings (SSSR count). The first-order valence-electron chi connectivity index (χ1n) is 4.80. The summed E-state index contributed by atoms with van der Waals surface area (Å²) < 4.78 is 0. The van der Waals surface area contributed by atoms with Gasteiger partial charge in [-0.2, -0.15) is 5.26 Å². The lowest BCUT2D eigenvalue weighted by Crippen LogP contribution is -2.26. The highest BCUT2D eigenvalue weighted by Gasteiger charge is 2.37. The molecule has 0 aromatic heterocycles. The van der Waals surface area contributed by atoms with Gasteiger partial charge in [0, 0.05) is 19.3 Å². The van der Waals surface area contributed by atoms with E-state index in [4.69, 9.17) is 0 Å². The number of nitrogens with zero attached hydrogens (tertiary/aromatic N) is 2. The highest BCUT2D eigenvalue weighted by atomic mass is 15.1. The number of rotatable bonds is 0. The fourth-order valence-corrected chi connectivity index (χ4v) is 2.16. The number of aryl methyl sites for hydroxylation is 1. The predicted octanol–water partition coefficient (Wildman–Crippen LogP) is 2.23. The summed E-state index contributed by atoms with van der Waals surface area (Å²) in [7, 11) is 2.04. The van der Waals surface area contributed by atoms with Gasteiger partial charge in [0.15, 0.2) is 0 Å². The van der Waals surface area contributed by atoms with Crippen molar-refractivity contribution in [2.24, 2.45) is 0 Å². The fraction of sp³-hybridized carbons (Fsp3) is 0.417. The van der Waals surface area contributed by atoms with Gasteiger partial charge < -0.3 is 4.90 Å². The van der Waals surface area contributed by atoms with Crippen LogP contribution in [-0.4, -0.2) is 13.6 Å². The molecule has 0 N–H and O–H groups in total. The quantitative estimate of drug-likeness (QED) is 0.621. The molecule has 0 spiro atoms. The average Bonchev–Trinajstić information content (AvgIpc) is 2.40. The monoisotopic (exact) mass is 186 g/mol. The van der Waals surface area contributed by atoms with Crippen LogP contribution in [0.15, 0.2) is 18.2 Å². The van der Waals surface area contributed by atoms with Gasteiger partial charge in [-0.15, -0.1) is 0 Å². The van der Waals surface area contributed by atoms with Gasteiger partial charge in [0.2, 0.25) is 0 Å². The summed E-state index contributed by atoms with van der Waals surface area (Å²) in [5, 5.41) is 9.20. The molecular weight excluding hydrogens is 172 g/mol. The van der Waals surface area contributed by atoms with Crippen molar-refractivity contribution >= 4 is 5.69 Å². The van der Waals surface area contributed by atoms with Gasteiger partial charge in [-0.1, -0.05) is 17.7 Å². The Morgan fingerprint density at radius 1 is 1.50 bits per heavy atom. The lowest BCUT2D eigenvalue weighted by atomic mass is 9.85. The second-order valence-electron chi connectivity index (χ2n) is 4.32. The molecule has 0 bridgehead atoms. The normalized spacial score (nSPS) is 24.6. The molecule has 1 aliphatic rings. The van der Waals surface area contributed by atoms with E-state index in [1.807, 2.05) is 14.0 Å². The Hall–Kier alpha value is -1.49. The zero-order valence-electron chi connectivity index (χ0n) is 8.83. The highest BCUT2D eigenvalue weighted by molar-refractivity contribution is 5.64. The molecule has 0 fully saturated rings. The minimum atomic E-state index is -0.337.